The van der Waals surface area contributed by atoms with Crippen LogP contribution in [0, 0.1) is 0 Å². The molecule has 0 aliphatic heterocycles. The highest BCUT2D eigenvalue weighted by Gasteiger charge is 2.19. The SMILES string of the molecule is COC(C)(C)Cn1ccnc1-c1cnc2cc(O)ccc2c1. The number of fused-ring (bicyclic) bond motifs is 1. The average molecular weight is 297 g/mol. The Kier molecular flexibility index (Phi) is 3.58. The number of hydrogen-bond acceptors (Lipinski definition) is 4. The molecule has 0 saturated carbocycles. The van der Waals surface area contributed by atoms with E-state index in [0.29, 0.717) is 6.54 Å². The molecule has 0 amide bonds. The van der Waals surface area contributed by atoms with E-state index in [2.05, 4.69) is 14.5 Å². The zero-order valence-corrected chi connectivity index (χ0v) is 12.9. The Bertz CT molecular complexity index is 809. The van der Waals surface area contributed by atoms with Crippen LogP contribution in [-0.2, 0) is 11.3 Å². The number of phenols is 1. The van der Waals surface area contributed by atoms with Gasteiger partial charge in [-0.15, -0.1) is 0 Å². The molecule has 0 radical (unpaired) electrons. The number of nitrogens with zero attached hydrogens (tertiary/aromatic N) is 3. The summed E-state index contributed by atoms with van der Waals surface area (Å²) in [7, 11) is 1.71. The third kappa shape index (κ3) is 2.80. The van der Waals surface area contributed by atoms with Crippen molar-refractivity contribution in [2.75, 3.05) is 7.11 Å². The molecule has 5 nitrogen and oxygen atoms in total. The molecule has 0 bridgehead atoms. The number of ether oxygens (including phenoxy) is 1. The molecule has 2 aromatic heterocycles. The summed E-state index contributed by atoms with van der Waals surface area (Å²) in [5, 5.41) is 10.5. The Hall–Kier alpha value is -2.40. The number of hydrogen-bond donors (Lipinski definition) is 1. The summed E-state index contributed by atoms with van der Waals surface area (Å²) in [6, 6.07) is 7.20. The second-order valence-corrected chi connectivity index (χ2v) is 5.94. The van der Waals surface area contributed by atoms with Crippen LogP contribution >= 0.6 is 0 Å². The molecule has 114 valence electrons. The number of aromatic nitrogens is 3. The third-order valence-electron chi connectivity index (χ3n) is 3.75. The third-order valence-corrected chi connectivity index (χ3v) is 3.75. The van der Waals surface area contributed by atoms with E-state index in [-0.39, 0.29) is 11.4 Å². The topological polar surface area (TPSA) is 60.2 Å². The molecule has 5 heteroatoms. The fraction of sp³-hybridized carbons (Fsp3) is 0.294. The average Bonchev–Trinajstić information content (AvgIpc) is 2.94. The van der Waals surface area contributed by atoms with E-state index in [9.17, 15) is 5.11 Å². The van der Waals surface area contributed by atoms with Gasteiger partial charge in [-0.1, -0.05) is 0 Å². The lowest BCUT2D eigenvalue weighted by Crippen LogP contribution is -2.29. The maximum Gasteiger partial charge on any atom is 0.141 e. The second kappa shape index (κ2) is 5.42. The minimum absolute atomic E-state index is 0.219. The standard InChI is InChI=1S/C17H19N3O2/c1-17(2,22-3)11-20-7-6-18-16(20)13-8-12-4-5-14(21)9-15(12)19-10-13/h4-10,21H,11H2,1-3H3. The first-order chi connectivity index (χ1) is 10.5. The number of imidazole rings is 1. The molecule has 0 atom stereocenters. The van der Waals surface area contributed by atoms with Crippen molar-refractivity contribution in [3.05, 3.63) is 42.9 Å². The first-order valence-electron chi connectivity index (χ1n) is 7.14. The van der Waals surface area contributed by atoms with Crippen LogP contribution in [0.5, 0.6) is 5.75 Å². The molecule has 22 heavy (non-hydrogen) atoms. The van der Waals surface area contributed by atoms with Crippen LogP contribution in [0.15, 0.2) is 42.9 Å². The van der Waals surface area contributed by atoms with Crippen LogP contribution < -0.4 is 0 Å². The van der Waals surface area contributed by atoms with Gasteiger partial charge >= 0.3 is 0 Å². The van der Waals surface area contributed by atoms with E-state index in [0.717, 1.165) is 22.3 Å². The monoisotopic (exact) mass is 297 g/mol. The maximum absolute atomic E-state index is 9.51. The van der Waals surface area contributed by atoms with E-state index in [4.69, 9.17) is 4.74 Å². The predicted molar refractivity (Wildman–Crippen MR) is 85.7 cm³/mol. The van der Waals surface area contributed by atoms with Crippen LogP contribution in [-0.4, -0.2) is 32.4 Å². The summed E-state index contributed by atoms with van der Waals surface area (Å²) in [5.41, 5.74) is 1.43. The van der Waals surface area contributed by atoms with Crippen molar-refractivity contribution in [3.63, 3.8) is 0 Å². The van der Waals surface area contributed by atoms with Crippen LogP contribution in [0.1, 0.15) is 13.8 Å². The fourth-order valence-corrected chi connectivity index (χ4v) is 2.40. The lowest BCUT2D eigenvalue weighted by atomic mass is 10.1. The zero-order valence-electron chi connectivity index (χ0n) is 12.9. The highest BCUT2D eigenvalue weighted by Crippen LogP contribution is 2.25. The van der Waals surface area contributed by atoms with Gasteiger partial charge in [-0.05, 0) is 32.0 Å². The van der Waals surface area contributed by atoms with Gasteiger partial charge in [-0.3, -0.25) is 4.98 Å². The van der Waals surface area contributed by atoms with Crippen molar-refractivity contribution in [2.24, 2.45) is 0 Å². The molecule has 0 unspecified atom stereocenters. The van der Waals surface area contributed by atoms with Crippen molar-refractivity contribution in [1.29, 1.82) is 0 Å². The number of rotatable bonds is 4. The summed E-state index contributed by atoms with van der Waals surface area (Å²) in [5.74, 6) is 1.07. The molecule has 0 saturated heterocycles. The lowest BCUT2D eigenvalue weighted by Gasteiger charge is -2.24. The molecule has 0 fully saturated rings. The van der Waals surface area contributed by atoms with Gasteiger partial charge in [-0.25, -0.2) is 4.98 Å². The first-order valence-corrected chi connectivity index (χ1v) is 7.14. The fourth-order valence-electron chi connectivity index (χ4n) is 2.40. The molecule has 0 aliphatic rings. The quantitative estimate of drug-likeness (QED) is 0.803. The highest BCUT2D eigenvalue weighted by molar-refractivity contribution is 5.83. The van der Waals surface area contributed by atoms with Crippen LogP contribution in [0.4, 0.5) is 0 Å². The van der Waals surface area contributed by atoms with Crippen LogP contribution in [0.2, 0.25) is 0 Å². The van der Waals surface area contributed by atoms with Crippen molar-refractivity contribution < 1.29 is 9.84 Å². The number of pyridine rings is 1. The summed E-state index contributed by atoms with van der Waals surface area (Å²) < 4.78 is 7.56. The lowest BCUT2D eigenvalue weighted by molar-refractivity contribution is 0.00850. The van der Waals surface area contributed by atoms with Gasteiger partial charge in [0.1, 0.15) is 11.6 Å². The molecule has 0 aliphatic carbocycles. The van der Waals surface area contributed by atoms with E-state index in [1.807, 2.05) is 32.2 Å². The van der Waals surface area contributed by atoms with Gasteiger partial charge in [-0.2, -0.15) is 0 Å². The zero-order chi connectivity index (χ0) is 15.7. The molecule has 1 aromatic carbocycles. The summed E-state index contributed by atoms with van der Waals surface area (Å²) in [4.78, 5) is 8.86. The number of methoxy groups -OCH3 is 1. The molecule has 0 spiro atoms. The molecule has 1 N–H and O–H groups in total. The molecular weight excluding hydrogens is 278 g/mol. The van der Waals surface area contributed by atoms with Crippen LogP contribution in [0.3, 0.4) is 0 Å². The number of aromatic hydroxyl groups is 1. The van der Waals surface area contributed by atoms with E-state index >= 15 is 0 Å². The van der Waals surface area contributed by atoms with E-state index < -0.39 is 0 Å². The van der Waals surface area contributed by atoms with Gasteiger partial charge in [0.05, 0.1) is 17.7 Å². The molecule has 3 aromatic rings. The van der Waals surface area contributed by atoms with Gasteiger partial charge in [0.25, 0.3) is 0 Å². The minimum Gasteiger partial charge on any atom is -0.508 e. The highest BCUT2D eigenvalue weighted by atomic mass is 16.5. The number of benzene rings is 1. The Balaban J connectivity index is 2.01. The first kappa shape index (κ1) is 14.5. The molecule has 3 rings (SSSR count). The Morgan fingerprint density at radius 1 is 1.23 bits per heavy atom. The maximum atomic E-state index is 9.51. The van der Waals surface area contributed by atoms with Crippen molar-refractivity contribution >= 4 is 10.9 Å². The van der Waals surface area contributed by atoms with Gasteiger partial charge in [0.15, 0.2) is 0 Å². The van der Waals surface area contributed by atoms with Gasteiger partial charge < -0.3 is 14.4 Å². The van der Waals surface area contributed by atoms with Gasteiger partial charge in [0.2, 0.25) is 0 Å². The number of phenolic OH excluding ortho intramolecular Hbond substituents is 1. The Labute approximate surface area is 129 Å². The Morgan fingerprint density at radius 2 is 2.05 bits per heavy atom. The minimum atomic E-state index is -0.272. The van der Waals surface area contributed by atoms with Crippen LogP contribution in [0.25, 0.3) is 22.3 Å². The van der Waals surface area contributed by atoms with Crippen molar-refractivity contribution in [2.45, 2.75) is 26.0 Å². The Morgan fingerprint density at radius 3 is 2.82 bits per heavy atom. The van der Waals surface area contributed by atoms with Gasteiger partial charge in [0, 0.05) is 42.7 Å². The van der Waals surface area contributed by atoms with Crippen molar-refractivity contribution in [1.82, 2.24) is 14.5 Å². The normalized spacial score (nSPS) is 12.0. The largest absolute Gasteiger partial charge is 0.508 e. The summed E-state index contributed by atoms with van der Waals surface area (Å²) in [6.45, 7) is 4.78. The predicted octanol–water partition coefficient (Wildman–Crippen LogP) is 3.23. The second-order valence-electron chi connectivity index (χ2n) is 5.94. The summed E-state index contributed by atoms with van der Waals surface area (Å²) >= 11 is 0. The van der Waals surface area contributed by atoms with E-state index in [1.54, 1.807) is 31.6 Å². The van der Waals surface area contributed by atoms with E-state index in [1.165, 1.54) is 0 Å². The summed E-state index contributed by atoms with van der Waals surface area (Å²) in [6.07, 6.45) is 5.50. The van der Waals surface area contributed by atoms with Crippen molar-refractivity contribution in [3.8, 4) is 17.1 Å². The molecular formula is C17H19N3O2. The molecule has 2 heterocycles. The smallest absolute Gasteiger partial charge is 0.141 e.